The van der Waals surface area contributed by atoms with Crippen LogP contribution in [0.25, 0.3) is 0 Å². The lowest BCUT2D eigenvalue weighted by molar-refractivity contribution is 0.128. The van der Waals surface area contributed by atoms with Gasteiger partial charge in [0, 0.05) is 33.4 Å². The molecule has 1 aliphatic rings. The second-order valence-electron chi connectivity index (χ2n) is 8.21. The van der Waals surface area contributed by atoms with Crippen LogP contribution in [0.3, 0.4) is 0 Å². The summed E-state index contributed by atoms with van der Waals surface area (Å²) in [5.74, 6) is 3.43. The van der Waals surface area contributed by atoms with Crippen molar-refractivity contribution in [1.82, 2.24) is 25.4 Å². The van der Waals surface area contributed by atoms with E-state index in [-0.39, 0.29) is 24.0 Å². The number of aryl methyl sites for hydroxylation is 1. The fourth-order valence-corrected chi connectivity index (χ4v) is 3.43. The molecular weight excluding hydrogens is 519 g/mol. The molecular formula is C23H37IN6O2. The maximum Gasteiger partial charge on any atom is 0.191 e. The van der Waals surface area contributed by atoms with Gasteiger partial charge in [-0.05, 0) is 62.6 Å². The molecule has 1 aromatic heterocycles. The molecule has 1 fully saturated rings. The Hall–Kier alpha value is -1.88. The van der Waals surface area contributed by atoms with Crippen LogP contribution in [0, 0.1) is 12.3 Å². The lowest BCUT2D eigenvalue weighted by Gasteiger charge is -2.19. The van der Waals surface area contributed by atoms with E-state index in [1.807, 2.05) is 37.6 Å². The van der Waals surface area contributed by atoms with Gasteiger partial charge >= 0.3 is 0 Å². The van der Waals surface area contributed by atoms with E-state index in [0.717, 1.165) is 62.5 Å². The van der Waals surface area contributed by atoms with Gasteiger partial charge in [-0.15, -0.1) is 34.2 Å². The van der Waals surface area contributed by atoms with Crippen LogP contribution in [0.5, 0.6) is 5.75 Å². The van der Waals surface area contributed by atoms with Gasteiger partial charge in [-0.25, -0.2) is 4.99 Å². The maximum atomic E-state index is 5.57. The van der Waals surface area contributed by atoms with Crippen molar-refractivity contribution < 1.29 is 9.47 Å². The number of halogens is 1. The van der Waals surface area contributed by atoms with Gasteiger partial charge in [0.1, 0.15) is 18.1 Å². The van der Waals surface area contributed by atoms with Crippen molar-refractivity contribution in [2.75, 3.05) is 33.4 Å². The number of methoxy groups -OCH3 is 1. The average Bonchev–Trinajstić information content (AvgIpc) is 3.49. The highest BCUT2D eigenvalue weighted by molar-refractivity contribution is 14.0. The van der Waals surface area contributed by atoms with E-state index in [1.165, 1.54) is 18.4 Å². The molecule has 32 heavy (non-hydrogen) atoms. The number of nitrogens with zero attached hydrogens (tertiary/aromatic N) is 4. The Bertz CT molecular complexity index is 849. The van der Waals surface area contributed by atoms with Crippen molar-refractivity contribution in [3.05, 3.63) is 41.5 Å². The van der Waals surface area contributed by atoms with Crippen molar-refractivity contribution in [2.24, 2.45) is 17.5 Å². The van der Waals surface area contributed by atoms with Crippen LogP contribution >= 0.6 is 24.0 Å². The Morgan fingerprint density at radius 3 is 2.53 bits per heavy atom. The summed E-state index contributed by atoms with van der Waals surface area (Å²) in [6, 6.07) is 8.18. The minimum atomic E-state index is 0. The number of ether oxygens (including phenoxy) is 2. The molecule has 1 saturated carbocycles. The van der Waals surface area contributed by atoms with Crippen molar-refractivity contribution in [2.45, 2.75) is 46.1 Å². The minimum absolute atomic E-state index is 0. The average molecular weight is 556 g/mol. The Balaban J connectivity index is 0.00000363. The molecule has 0 atom stereocenters. The number of rotatable bonds is 12. The summed E-state index contributed by atoms with van der Waals surface area (Å²) in [7, 11) is 3.65. The number of aromatic nitrogens is 3. The summed E-state index contributed by atoms with van der Waals surface area (Å²) in [6.45, 7) is 7.79. The van der Waals surface area contributed by atoms with Gasteiger partial charge in [-0.1, -0.05) is 12.1 Å². The molecule has 0 bridgehead atoms. The van der Waals surface area contributed by atoms with Gasteiger partial charge in [0.2, 0.25) is 0 Å². The molecule has 8 nitrogen and oxygen atoms in total. The number of benzene rings is 1. The summed E-state index contributed by atoms with van der Waals surface area (Å²) in [4.78, 5) is 4.77. The SMILES string of the molecule is CCOCCC1(CNC(=NCc2nnc(C)n2C)NCCc2ccc(OC)cc2)CC1.I. The molecule has 1 heterocycles. The van der Waals surface area contributed by atoms with E-state index in [4.69, 9.17) is 14.5 Å². The lowest BCUT2D eigenvalue weighted by Crippen LogP contribution is -2.41. The predicted molar refractivity (Wildman–Crippen MR) is 138 cm³/mol. The fraction of sp³-hybridized carbons (Fsp3) is 0.609. The number of nitrogens with one attached hydrogen (secondary N) is 2. The first-order valence-electron chi connectivity index (χ1n) is 11.1. The van der Waals surface area contributed by atoms with E-state index in [9.17, 15) is 0 Å². The highest BCUT2D eigenvalue weighted by atomic mass is 127. The summed E-state index contributed by atoms with van der Waals surface area (Å²) in [5, 5.41) is 15.4. The number of guanidine groups is 1. The molecule has 0 aliphatic heterocycles. The third-order valence-electron chi connectivity index (χ3n) is 6.00. The van der Waals surface area contributed by atoms with Crippen LogP contribution in [-0.2, 0) is 24.8 Å². The van der Waals surface area contributed by atoms with Gasteiger partial charge in [-0.2, -0.15) is 0 Å². The van der Waals surface area contributed by atoms with Gasteiger partial charge in [-0.3, -0.25) is 0 Å². The highest BCUT2D eigenvalue weighted by Gasteiger charge is 2.41. The molecule has 1 aromatic carbocycles. The quantitative estimate of drug-likeness (QED) is 0.181. The summed E-state index contributed by atoms with van der Waals surface area (Å²) in [5.41, 5.74) is 1.60. The Morgan fingerprint density at radius 1 is 1.19 bits per heavy atom. The number of hydrogen-bond donors (Lipinski definition) is 2. The van der Waals surface area contributed by atoms with E-state index in [2.05, 4.69) is 33.0 Å². The van der Waals surface area contributed by atoms with Crippen LogP contribution < -0.4 is 15.4 Å². The molecule has 0 spiro atoms. The number of aliphatic imine (C=N–C) groups is 1. The normalized spacial score (nSPS) is 14.6. The highest BCUT2D eigenvalue weighted by Crippen LogP contribution is 2.48. The molecule has 1 aliphatic carbocycles. The standard InChI is InChI=1S/C23H36N6O2.HI/c1-5-31-15-13-23(11-12-23)17-26-22(25-16-21-28-27-18(2)29(21)3)24-14-10-19-6-8-20(30-4)9-7-19;/h6-9H,5,10-17H2,1-4H3,(H2,24,25,26);1H. The van der Waals surface area contributed by atoms with Crippen molar-refractivity contribution >= 4 is 29.9 Å². The molecule has 2 aromatic rings. The van der Waals surface area contributed by atoms with Crippen molar-refractivity contribution in [3.8, 4) is 5.75 Å². The van der Waals surface area contributed by atoms with Crippen LogP contribution in [0.1, 0.15) is 43.4 Å². The van der Waals surface area contributed by atoms with Crippen molar-refractivity contribution in [3.63, 3.8) is 0 Å². The lowest BCUT2D eigenvalue weighted by atomic mass is 10.0. The van der Waals surface area contributed by atoms with E-state index < -0.39 is 0 Å². The summed E-state index contributed by atoms with van der Waals surface area (Å²) < 4.78 is 12.8. The molecule has 2 N–H and O–H groups in total. The largest absolute Gasteiger partial charge is 0.497 e. The zero-order chi connectivity index (χ0) is 22.1. The Kier molecular flexibility index (Phi) is 10.7. The maximum absolute atomic E-state index is 5.57. The van der Waals surface area contributed by atoms with Gasteiger partial charge < -0.3 is 24.7 Å². The summed E-state index contributed by atoms with van der Waals surface area (Å²) >= 11 is 0. The minimum Gasteiger partial charge on any atom is -0.497 e. The van der Waals surface area contributed by atoms with Gasteiger partial charge in [0.05, 0.1) is 7.11 Å². The predicted octanol–water partition coefficient (Wildman–Crippen LogP) is 3.23. The smallest absolute Gasteiger partial charge is 0.191 e. The van der Waals surface area contributed by atoms with E-state index in [1.54, 1.807) is 7.11 Å². The zero-order valence-electron chi connectivity index (χ0n) is 19.7. The monoisotopic (exact) mass is 556 g/mol. The second-order valence-corrected chi connectivity index (χ2v) is 8.21. The molecule has 0 unspecified atom stereocenters. The summed E-state index contributed by atoms with van der Waals surface area (Å²) in [6.07, 6.45) is 4.49. The first-order valence-corrected chi connectivity index (χ1v) is 11.1. The fourth-order valence-electron chi connectivity index (χ4n) is 3.43. The first-order chi connectivity index (χ1) is 15.0. The van der Waals surface area contributed by atoms with Crippen LogP contribution in [-0.4, -0.2) is 54.1 Å². The molecule has 9 heteroatoms. The Morgan fingerprint density at radius 2 is 1.94 bits per heavy atom. The molecule has 0 saturated heterocycles. The van der Waals surface area contributed by atoms with Crippen LogP contribution in [0.15, 0.2) is 29.3 Å². The van der Waals surface area contributed by atoms with Crippen LogP contribution in [0.4, 0.5) is 0 Å². The molecule has 178 valence electrons. The molecule has 0 radical (unpaired) electrons. The van der Waals surface area contributed by atoms with E-state index in [0.29, 0.717) is 12.0 Å². The third-order valence-corrected chi connectivity index (χ3v) is 6.00. The topological polar surface area (TPSA) is 85.6 Å². The van der Waals surface area contributed by atoms with Gasteiger partial charge in [0.15, 0.2) is 11.8 Å². The van der Waals surface area contributed by atoms with Crippen molar-refractivity contribution in [1.29, 1.82) is 0 Å². The Labute approximate surface area is 208 Å². The van der Waals surface area contributed by atoms with Crippen LogP contribution in [0.2, 0.25) is 0 Å². The third kappa shape index (κ3) is 7.91. The molecule has 0 amide bonds. The number of hydrogen-bond acceptors (Lipinski definition) is 5. The van der Waals surface area contributed by atoms with Gasteiger partial charge in [0.25, 0.3) is 0 Å². The van der Waals surface area contributed by atoms with E-state index >= 15 is 0 Å². The zero-order valence-corrected chi connectivity index (χ0v) is 22.0. The second kappa shape index (κ2) is 13.0. The first kappa shape index (κ1) is 26.4. The molecule has 3 rings (SSSR count).